The number of carboxylic acid groups (broad SMARTS) is 1. The predicted molar refractivity (Wildman–Crippen MR) is 104 cm³/mol. The maximum absolute atomic E-state index is 12.8. The highest BCUT2D eigenvalue weighted by molar-refractivity contribution is 5.94. The van der Waals surface area contributed by atoms with Crippen LogP contribution in [0.4, 0.5) is 0 Å². The van der Waals surface area contributed by atoms with E-state index in [9.17, 15) is 9.59 Å². The Kier molecular flexibility index (Phi) is 7.27. The van der Waals surface area contributed by atoms with Gasteiger partial charge in [0, 0.05) is 30.6 Å². The molecular weight excluding hydrogens is 342 g/mol. The summed E-state index contributed by atoms with van der Waals surface area (Å²) in [5.74, 6) is 0.0608. The van der Waals surface area contributed by atoms with Crippen LogP contribution >= 0.6 is 0 Å². The van der Waals surface area contributed by atoms with Gasteiger partial charge in [0.25, 0.3) is 5.91 Å². The van der Waals surface area contributed by atoms with E-state index in [0.717, 1.165) is 25.0 Å². The lowest BCUT2D eigenvalue weighted by molar-refractivity contribution is -0.137. The first-order chi connectivity index (χ1) is 13.1. The fourth-order valence-corrected chi connectivity index (χ4v) is 4.37. The maximum atomic E-state index is 12.8. The molecule has 2 atom stereocenters. The minimum absolute atomic E-state index is 0.0739. The van der Waals surface area contributed by atoms with Gasteiger partial charge < -0.3 is 15.2 Å². The highest BCUT2D eigenvalue weighted by Crippen LogP contribution is 2.29. The zero-order chi connectivity index (χ0) is 19.1. The van der Waals surface area contributed by atoms with Crippen LogP contribution in [0, 0.1) is 5.92 Å². The standard InChI is InChI=1S/C22H31NO4/c24-21(25)10-9-20(13-16-5-2-1-3-6-16)23-22(26)18-8-4-7-17(14-18)19-11-12-27-15-19/h4,7-8,14,16,19-20H,1-3,5-6,9-13,15H2,(H,23,26)(H,24,25). The number of amides is 1. The number of carboxylic acids is 1. The first-order valence-electron chi connectivity index (χ1n) is 10.3. The molecule has 2 fully saturated rings. The predicted octanol–water partition coefficient (Wildman–Crippen LogP) is 4.12. The Morgan fingerprint density at radius 3 is 2.70 bits per heavy atom. The van der Waals surface area contributed by atoms with Gasteiger partial charge >= 0.3 is 5.97 Å². The van der Waals surface area contributed by atoms with Crippen molar-refractivity contribution in [3.05, 3.63) is 35.4 Å². The van der Waals surface area contributed by atoms with Crippen LogP contribution in [-0.2, 0) is 9.53 Å². The summed E-state index contributed by atoms with van der Waals surface area (Å²) in [6, 6.07) is 7.71. The van der Waals surface area contributed by atoms with E-state index < -0.39 is 5.97 Å². The number of nitrogens with one attached hydrogen (secondary N) is 1. The van der Waals surface area contributed by atoms with Gasteiger partial charge in [-0.1, -0.05) is 44.2 Å². The third-order valence-corrected chi connectivity index (χ3v) is 5.93. The fourth-order valence-electron chi connectivity index (χ4n) is 4.37. The first-order valence-corrected chi connectivity index (χ1v) is 10.3. The van der Waals surface area contributed by atoms with Crippen molar-refractivity contribution in [1.29, 1.82) is 0 Å². The van der Waals surface area contributed by atoms with Crippen molar-refractivity contribution < 1.29 is 19.4 Å². The number of aliphatic carboxylic acids is 1. The molecular formula is C22H31NO4. The van der Waals surface area contributed by atoms with Crippen molar-refractivity contribution in [2.45, 2.75) is 69.7 Å². The number of rotatable bonds is 8. The topological polar surface area (TPSA) is 75.6 Å². The third kappa shape index (κ3) is 6.06. The molecule has 3 rings (SSSR count). The van der Waals surface area contributed by atoms with Crippen molar-refractivity contribution in [2.75, 3.05) is 13.2 Å². The van der Waals surface area contributed by atoms with Crippen LogP contribution in [0.1, 0.15) is 79.6 Å². The van der Waals surface area contributed by atoms with Gasteiger partial charge in [-0.15, -0.1) is 0 Å². The van der Waals surface area contributed by atoms with E-state index in [1.165, 1.54) is 32.1 Å². The van der Waals surface area contributed by atoms with Crippen molar-refractivity contribution >= 4 is 11.9 Å². The summed E-state index contributed by atoms with van der Waals surface area (Å²) in [7, 11) is 0. The lowest BCUT2D eigenvalue weighted by atomic mass is 9.84. The van der Waals surface area contributed by atoms with Gasteiger partial charge in [-0.3, -0.25) is 9.59 Å². The number of hydrogen-bond donors (Lipinski definition) is 2. The molecule has 1 aliphatic heterocycles. The molecule has 27 heavy (non-hydrogen) atoms. The Bertz CT molecular complexity index is 633. The molecule has 0 spiro atoms. The monoisotopic (exact) mass is 373 g/mol. The minimum atomic E-state index is -0.805. The highest BCUT2D eigenvalue weighted by atomic mass is 16.5. The van der Waals surface area contributed by atoms with Crippen molar-refractivity contribution in [3.8, 4) is 0 Å². The first kappa shape index (κ1) is 19.9. The van der Waals surface area contributed by atoms with E-state index in [1.807, 2.05) is 18.2 Å². The lowest BCUT2D eigenvalue weighted by Crippen LogP contribution is -2.37. The van der Waals surface area contributed by atoms with Gasteiger partial charge in [-0.05, 0) is 42.9 Å². The van der Waals surface area contributed by atoms with Crippen LogP contribution in [0.3, 0.4) is 0 Å². The SMILES string of the molecule is O=C(O)CCC(CC1CCCCC1)NC(=O)c1cccc(C2CCOC2)c1. The van der Waals surface area contributed by atoms with Gasteiger partial charge in [0.1, 0.15) is 0 Å². The largest absolute Gasteiger partial charge is 0.481 e. The lowest BCUT2D eigenvalue weighted by Gasteiger charge is -2.27. The van der Waals surface area contributed by atoms with Gasteiger partial charge in [-0.2, -0.15) is 0 Å². The molecule has 1 amide bonds. The molecule has 1 heterocycles. The number of ether oxygens (including phenoxy) is 1. The summed E-state index contributed by atoms with van der Waals surface area (Å²) in [5.41, 5.74) is 1.80. The van der Waals surface area contributed by atoms with E-state index >= 15 is 0 Å². The second kappa shape index (κ2) is 9.88. The summed E-state index contributed by atoms with van der Waals surface area (Å²) < 4.78 is 5.46. The zero-order valence-electron chi connectivity index (χ0n) is 16.0. The smallest absolute Gasteiger partial charge is 0.303 e. The van der Waals surface area contributed by atoms with E-state index in [2.05, 4.69) is 11.4 Å². The molecule has 1 saturated heterocycles. The molecule has 1 saturated carbocycles. The molecule has 2 N–H and O–H groups in total. The second-order valence-electron chi connectivity index (χ2n) is 8.03. The summed E-state index contributed by atoms with van der Waals surface area (Å²) in [5, 5.41) is 12.2. The zero-order valence-corrected chi connectivity index (χ0v) is 16.0. The Morgan fingerprint density at radius 2 is 2.00 bits per heavy atom. The van der Waals surface area contributed by atoms with E-state index in [4.69, 9.17) is 9.84 Å². The molecule has 5 nitrogen and oxygen atoms in total. The molecule has 2 unspecified atom stereocenters. The second-order valence-corrected chi connectivity index (χ2v) is 8.03. The van der Waals surface area contributed by atoms with Crippen LogP contribution in [0.2, 0.25) is 0 Å². The maximum Gasteiger partial charge on any atom is 0.303 e. The van der Waals surface area contributed by atoms with Crippen LogP contribution in [0.5, 0.6) is 0 Å². The molecule has 1 aromatic carbocycles. The third-order valence-electron chi connectivity index (χ3n) is 5.93. The van der Waals surface area contributed by atoms with Crippen molar-refractivity contribution in [1.82, 2.24) is 5.32 Å². The van der Waals surface area contributed by atoms with Crippen LogP contribution < -0.4 is 5.32 Å². The molecule has 0 bridgehead atoms. The molecule has 0 radical (unpaired) electrons. The van der Waals surface area contributed by atoms with Crippen LogP contribution in [-0.4, -0.2) is 36.2 Å². The molecule has 1 aromatic rings. The Labute approximate surface area is 161 Å². The normalized spacial score (nSPS) is 21.7. The fraction of sp³-hybridized carbons (Fsp3) is 0.636. The van der Waals surface area contributed by atoms with E-state index in [1.54, 1.807) is 0 Å². The molecule has 2 aliphatic rings. The quantitative estimate of drug-likeness (QED) is 0.718. The average Bonchev–Trinajstić information content (AvgIpc) is 3.22. The molecule has 1 aliphatic carbocycles. The summed E-state index contributed by atoms with van der Waals surface area (Å²) in [4.78, 5) is 23.8. The number of benzene rings is 1. The number of carbonyl (C=O) groups excluding carboxylic acids is 1. The minimum Gasteiger partial charge on any atom is -0.481 e. The van der Waals surface area contributed by atoms with Gasteiger partial charge in [0.2, 0.25) is 0 Å². The highest BCUT2D eigenvalue weighted by Gasteiger charge is 2.23. The van der Waals surface area contributed by atoms with Gasteiger partial charge in [0.05, 0.1) is 6.61 Å². The van der Waals surface area contributed by atoms with E-state index in [0.29, 0.717) is 30.4 Å². The summed E-state index contributed by atoms with van der Waals surface area (Å²) >= 11 is 0. The number of hydrogen-bond acceptors (Lipinski definition) is 3. The van der Waals surface area contributed by atoms with Gasteiger partial charge in [-0.25, -0.2) is 0 Å². The summed E-state index contributed by atoms with van der Waals surface area (Å²) in [6.07, 6.45) is 8.63. The Hall–Kier alpha value is -1.88. The van der Waals surface area contributed by atoms with Gasteiger partial charge in [0.15, 0.2) is 0 Å². The number of carbonyl (C=O) groups is 2. The van der Waals surface area contributed by atoms with Crippen molar-refractivity contribution in [3.63, 3.8) is 0 Å². The van der Waals surface area contributed by atoms with E-state index in [-0.39, 0.29) is 18.4 Å². The summed E-state index contributed by atoms with van der Waals surface area (Å²) in [6.45, 7) is 1.49. The molecule has 0 aromatic heterocycles. The molecule has 148 valence electrons. The average molecular weight is 373 g/mol. The Balaban J connectivity index is 1.63. The Morgan fingerprint density at radius 1 is 1.19 bits per heavy atom. The van der Waals surface area contributed by atoms with Crippen LogP contribution in [0.25, 0.3) is 0 Å². The van der Waals surface area contributed by atoms with Crippen LogP contribution in [0.15, 0.2) is 24.3 Å². The van der Waals surface area contributed by atoms with Crippen molar-refractivity contribution in [2.24, 2.45) is 5.92 Å². The molecule has 5 heteroatoms.